The topological polar surface area (TPSA) is 77.2 Å². The number of hydrogen-bond acceptors (Lipinski definition) is 5. The predicted molar refractivity (Wildman–Crippen MR) is 62.0 cm³/mol. The Balaban J connectivity index is 2.47. The Morgan fingerprint density at radius 3 is 2.94 bits per heavy atom. The average molecular weight is 253 g/mol. The van der Waals surface area contributed by atoms with Gasteiger partial charge in [0.2, 0.25) is 0 Å². The summed E-state index contributed by atoms with van der Waals surface area (Å²) < 4.78 is 6.73. The Morgan fingerprint density at radius 2 is 2.41 bits per heavy atom. The molecule has 0 fully saturated rings. The lowest BCUT2D eigenvalue weighted by Crippen LogP contribution is -1.99. The van der Waals surface area contributed by atoms with E-state index >= 15 is 0 Å². The maximum absolute atomic E-state index is 11.1. The number of rotatable bonds is 4. The van der Waals surface area contributed by atoms with E-state index in [4.69, 9.17) is 9.84 Å². The second-order valence-corrected chi connectivity index (χ2v) is 4.42. The van der Waals surface area contributed by atoms with Crippen molar-refractivity contribution in [2.75, 3.05) is 7.11 Å². The molecule has 1 N–H and O–H groups in total. The molecule has 17 heavy (non-hydrogen) atoms. The summed E-state index contributed by atoms with van der Waals surface area (Å²) in [5.41, 5.74) is 1.24. The molecule has 0 bridgehead atoms. The Bertz CT molecular complexity index is 547. The van der Waals surface area contributed by atoms with Gasteiger partial charge in [-0.2, -0.15) is 0 Å². The highest BCUT2D eigenvalue weighted by Crippen LogP contribution is 2.28. The minimum Gasteiger partial charge on any atom is -0.477 e. The summed E-state index contributed by atoms with van der Waals surface area (Å²) in [7, 11) is 3.34. The van der Waals surface area contributed by atoms with Gasteiger partial charge >= 0.3 is 5.97 Å². The van der Waals surface area contributed by atoms with Gasteiger partial charge in [-0.15, -0.1) is 11.3 Å². The number of imidazole rings is 1. The quantitative estimate of drug-likeness (QED) is 0.890. The van der Waals surface area contributed by atoms with Crippen LogP contribution in [0.25, 0.3) is 10.7 Å². The van der Waals surface area contributed by atoms with Crippen LogP contribution in [0.15, 0.2) is 12.5 Å². The van der Waals surface area contributed by atoms with Crippen molar-refractivity contribution in [2.24, 2.45) is 7.05 Å². The number of methoxy groups -OCH3 is 1. The van der Waals surface area contributed by atoms with Crippen LogP contribution in [0, 0.1) is 0 Å². The number of hydrogen-bond donors (Lipinski definition) is 1. The number of thiazole rings is 1. The van der Waals surface area contributed by atoms with E-state index in [0.29, 0.717) is 10.7 Å². The van der Waals surface area contributed by atoms with Crippen LogP contribution < -0.4 is 0 Å². The fraction of sp³-hybridized carbons (Fsp3) is 0.300. The summed E-state index contributed by atoms with van der Waals surface area (Å²) in [5, 5.41) is 9.70. The minimum atomic E-state index is -0.983. The summed E-state index contributed by atoms with van der Waals surface area (Å²) in [4.78, 5) is 19.5. The lowest BCUT2D eigenvalue weighted by molar-refractivity contribution is 0.0697. The molecule has 0 aliphatic carbocycles. The Hall–Kier alpha value is -1.73. The van der Waals surface area contributed by atoms with Crippen LogP contribution in [0.1, 0.15) is 15.4 Å². The van der Waals surface area contributed by atoms with Gasteiger partial charge in [-0.1, -0.05) is 0 Å². The van der Waals surface area contributed by atoms with Gasteiger partial charge in [-0.3, -0.25) is 0 Å². The number of aromatic nitrogens is 3. The predicted octanol–water partition coefficient (Wildman–Crippen LogP) is 1.39. The number of nitrogens with zero attached hydrogens (tertiary/aromatic N) is 3. The highest BCUT2D eigenvalue weighted by atomic mass is 32.1. The highest BCUT2D eigenvalue weighted by molar-refractivity contribution is 7.17. The van der Waals surface area contributed by atoms with Crippen molar-refractivity contribution in [2.45, 2.75) is 6.61 Å². The summed E-state index contributed by atoms with van der Waals surface area (Å²) >= 11 is 1.13. The van der Waals surface area contributed by atoms with Crippen molar-refractivity contribution >= 4 is 17.3 Å². The molecule has 2 rings (SSSR count). The van der Waals surface area contributed by atoms with Gasteiger partial charge in [0.25, 0.3) is 0 Å². The molecule has 0 saturated heterocycles. The fourth-order valence-electron chi connectivity index (χ4n) is 1.43. The number of carboxylic acids is 1. The number of carbonyl (C=O) groups is 1. The molecule has 0 aliphatic heterocycles. The van der Waals surface area contributed by atoms with Gasteiger partial charge in [-0.25, -0.2) is 14.8 Å². The van der Waals surface area contributed by atoms with E-state index < -0.39 is 5.97 Å². The van der Waals surface area contributed by atoms with Crippen molar-refractivity contribution < 1.29 is 14.6 Å². The molecule has 0 unspecified atom stereocenters. The summed E-state index contributed by atoms with van der Waals surface area (Å²) in [5.74, 6) is -0.983. The van der Waals surface area contributed by atoms with Crippen LogP contribution in [-0.4, -0.2) is 32.7 Å². The van der Waals surface area contributed by atoms with Gasteiger partial charge in [0.15, 0.2) is 0 Å². The van der Waals surface area contributed by atoms with Gasteiger partial charge in [0, 0.05) is 14.2 Å². The lowest BCUT2D eigenvalue weighted by atomic mass is 10.4. The van der Waals surface area contributed by atoms with Crippen LogP contribution >= 0.6 is 11.3 Å². The smallest absolute Gasteiger partial charge is 0.347 e. The van der Waals surface area contributed by atoms with Gasteiger partial charge < -0.3 is 14.4 Å². The van der Waals surface area contributed by atoms with Crippen LogP contribution in [0.3, 0.4) is 0 Å². The first-order valence-electron chi connectivity index (χ1n) is 4.82. The minimum absolute atomic E-state index is 0.190. The van der Waals surface area contributed by atoms with Crippen LogP contribution in [0.5, 0.6) is 0 Å². The van der Waals surface area contributed by atoms with Crippen molar-refractivity contribution in [3.63, 3.8) is 0 Å². The second-order valence-electron chi connectivity index (χ2n) is 3.42. The molecule has 90 valence electrons. The number of aromatic carboxylic acids is 1. The summed E-state index contributed by atoms with van der Waals surface area (Å²) in [6, 6.07) is 0. The molecule has 0 amide bonds. The first kappa shape index (κ1) is 11.7. The van der Waals surface area contributed by atoms with E-state index in [9.17, 15) is 4.79 Å². The normalized spacial score (nSPS) is 10.7. The molecule has 7 heteroatoms. The van der Waals surface area contributed by atoms with E-state index in [1.807, 2.05) is 7.05 Å². The molecular weight excluding hydrogens is 242 g/mol. The van der Waals surface area contributed by atoms with Gasteiger partial charge in [-0.05, 0) is 0 Å². The van der Waals surface area contributed by atoms with Gasteiger partial charge in [0.1, 0.15) is 9.88 Å². The molecular formula is C10H11N3O3S. The van der Waals surface area contributed by atoms with E-state index in [1.54, 1.807) is 17.1 Å². The zero-order valence-electron chi connectivity index (χ0n) is 9.38. The largest absolute Gasteiger partial charge is 0.477 e. The van der Waals surface area contributed by atoms with Crippen molar-refractivity contribution in [1.82, 2.24) is 14.5 Å². The maximum Gasteiger partial charge on any atom is 0.347 e. The third-order valence-electron chi connectivity index (χ3n) is 2.21. The molecule has 0 aliphatic rings. The summed E-state index contributed by atoms with van der Waals surface area (Å²) in [6.07, 6.45) is 3.30. The Kier molecular flexibility index (Phi) is 3.21. The zero-order chi connectivity index (χ0) is 12.4. The monoisotopic (exact) mass is 253 g/mol. The van der Waals surface area contributed by atoms with E-state index in [0.717, 1.165) is 17.0 Å². The van der Waals surface area contributed by atoms with E-state index in [1.165, 1.54) is 7.11 Å². The Labute approximate surface area is 102 Å². The SMILES string of the molecule is COCc1nc(-c2cncn2C)sc1C(=O)O. The Morgan fingerprint density at radius 1 is 1.65 bits per heavy atom. The average Bonchev–Trinajstić information content (AvgIpc) is 2.84. The third-order valence-corrected chi connectivity index (χ3v) is 3.32. The molecule has 2 heterocycles. The molecule has 0 spiro atoms. The molecule has 6 nitrogen and oxygen atoms in total. The highest BCUT2D eigenvalue weighted by Gasteiger charge is 2.19. The van der Waals surface area contributed by atoms with Crippen LogP contribution in [0.4, 0.5) is 0 Å². The zero-order valence-corrected chi connectivity index (χ0v) is 10.2. The molecule has 2 aromatic rings. The van der Waals surface area contributed by atoms with E-state index in [2.05, 4.69) is 9.97 Å². The van der Waals surface area contributed by atoms with Crippen molar-refractivity contribution in [3.05, 3.63) is 23.1 Å². The van der Waals surface area contributed by atoms with Gasteiger partial charge in [0.05, 0.1) is 30.5 Å². The van der Waals surface area contributed by atoms with Crippen molar-refractivity contribution in [1.29, 1.82) is 0 Å². The van der Waals surface area contributed by atoms with Crippen LogP contribution in [0.2, 0.25) is 0 Å². The number of aryl methyl sites for hydroxylation is 1. The van der Waals surface area contributed by atoms with E-state index in [-0.39, 0.29) is 11.5 Å². The number of carboxylic acid groups (broad SMARTS) is 1. The maximum atomic E-state index is 11.1. The lowest BCUT2D eigenvalue weighted by Gasteiger charge is -1.96. The van der Waals surface area contributed by atoms with Crippen molar-refractivity contribution in [3.8, 4) is 10.7 Å². The standard InChI is InChI=1S/C10H11N3O3S/c1-13-5-11-3-7(13)9-12-6(4-16-2)8(17-9)10(14)15/h3,5H,4H2,1-2H3,(H,14,15). The molecule has 0 saturated carbocycles. The fourth-order valence-corrected chi connectivity index (χ4v) is 2.39. The summed E-state index contributed by atoms with van der Waals surface area (Å²) in [6.45, 7) is 0.190. The number of ether oxygens (including phenoxy) is 1. The third kappa shape index (κ3) is 2.20. The molecule has 2 aromatic heterocycles. The molecule has 0 aromatic carbocycles. The second kappa shape index (κ2) is 4.64. The first-order valence-corrected chi connectivity index (χ1v) is 5.63. The molecule has 0 radical (unpaired) electrons. The molecule has 0 atom stereocenters. The first-order chi connectivity index (χ1) is 8.13. The van der Waals surface area contributed by atoms with Crippen LogP contribution in [-0.2, 0) is 18.4 Å².